The van der Waals surface area contributed by atoms with Crippen molar-refractivity contribution in [2.75, 3.05) is 6.54 Å². The van der Waals surface area contributed by atoms with Gasteiger partial charge in [0.1, 0.15) is 17.3 Å². The van der Waals surface area contributed by atoms with Gasteiger partial charge in [-0.1, -0.05) is 12.1 Å². The number of nitrogens with zero attached hydrogens (tertiary/aromatic N) is 5. The van der Waals surface area contributed by atoms with Gasteiger partial charge in [0.15, 0.2) is 0 Å². The number of para-hydroxylation sites is 2. The number of carbonyl (C=O) groups is 1. The van der Waals surface area contributed by atoms with Crippen molar-refractivity contribution in [2.24, 2.45) is 7.05 Å². The minimum Gasteiger partial charge on any atom is -0.329 e. The zero-order valence-corrected chi connectivity index (χ0v) is 15.1. The number of benzene rings is 1. The Morgan fingerprint density at radius 3 is 2.92 bits per heavy atom. The third-order valence-electron chi connectivity index (χ3n) is 5.82. The third-order valence-corrected chi connectivity index (χ3v) is 5.82. The summed E-state index contributed by atoms with van der Waals surface area (Å²) in [4.78, 5) is 24.7. The molecule has 5 rings (SSSR count). The molecule has 0 aliphatic carbocycles. The van der Waals surface area contributed by atoms with E-state index < -0.39 is 0 Å². The van der Waals surface area contributed by atoms with Crippen LogP contribution in [0.2, 0.25) is 0 Å². The molecule has 4 heterocycles. The molecule has 2 aliphatic heterocycles. The first-order valence-electron chi connectivity index (χ1n) is 9.51. The van der Waals surface area contributed by atoms with E-state index in [0.29, 0.717) is 0 Å². The number of likely N-dealkylation sites (tertiary alicyclic amines) is 1. The molecule has 26 heavy (non-hydrogen) atoms. The molecule has 134 valence electrons. The number of hydrogen-bond donors (Lipinski definition) is 0. The van der Waals surface area contributed by atoms with Crippen molar-refractivity contribution in [3.05, 3.63) is 47.8 Å². The molecule has 1 atom stereocenters. The smallest absolute Gasteiger partial charge is 0.272 e. The van der Waals surface area contributed by atoms with Crippen LogP contribution in [0.4, 0.5) is 0 Å². The van der Waals surface area contributed by atoms with Gasteiger partial charge in [0, 0.05) is 26.6 Å². The van der Waals surface area contributed by atoms with Crippen molar-refractivity contribution >= 4 is 16.9 Å². The molecule has 6 nitrogen and oxygen atoms in total. The van der Waals surface area contributed by atoms with Crippen molar-refractivity contribution in [1.29, 1.82) is 0 Å². The highest BCUT2D eigenvalue weighted by Gasteiger charge is 2.35. The first-order chi connectivity index (χ1) is 12.7. The van der Waals surface area contributed by atoms with E-state index in [1.165, 1.54) is 0 Å². The summed E-state index contributed by atoms with van der Waals surface area (Å²) in [7, 11) is 2.05. The summed E-state index contributed by atoms with van der Waals surface area (Å²) in [5, 5.41) is 0. The molecule has 1 aromatic carbocycles. The Kier molecular flexibility index (Phi) is 3.58. The lowest BCUT2D eigenvalue weighted by Gasteiger charge is -2.25. The number of fused-ring (bicyclic) bond motifs is 2. The Hall–Kier alpha value is -2.63. The number of carbonyl (C=O) groups excluding carboxylic acids is 1. The van der Waals surface area contributed by atoms with Crippen LogP contribution in [0.1, 0.15) is 53.9 Å². The summed E-state index contributed by atoms with van der Waals surface area (Å²) in [6.45, 7) is 1.69. The standard InChI is InChI=1S/C20H23N5O/c1-23-15-8-3-2-7-14(15)22-19(23)16-9-6-12-25(16)20(26)17-13-21-18-10-4-5-11-24(17)18/h2-3,7-8,13,16H,4-6,9-12H2,1H3/t16-/m0/s1. The summed E-state index contributed by atoms with van der Waals surface area (Å²) in [5.74, 6) is 2.13. The van der Waals surface area contributed by atoms with Crippen molar-refractivity contribution < 1.29 is 4.79 Å². The largest absolute Gasteiger partial charge is 0.329 e. The Morgan fingerprint density at radius 2 is 2.04 bits per heavy atom. The lowest BCUT2D eigenvalue weighted by molar-refractivity contribution is 0.0716. The maximum Gasteiger partial charge on any atom is 0.272 e. The Bertz CT molecular complexity index is 985. The molecule has 0 saturated carbocycles. The van der Waals surface area contributed by atoms with Crippen molar-refractivity contribution in [3.63, 3.8) is 0 Å². The molecule has 2 aromatic heterocycles. The molecule has 0 bridgehead atoms. The summed E-state index contributed by atoms with van der Waals surface area (Å²) in [6, 6.07) is 8.20. The van der Waals surface area contributed by atoms with Crippen LogP contribution >= 0.6 is 0 Å². The Balaban J connectivity index is 1.51. The molecule has 3 aromatic rings. The predicted octanol–water partition coefficient (Wildman–Crippen LogP) is 3.08. The molecule has 2 aliphatic rings. The quantitative estimate of drug-likeness (QED) is 0.714. The zero-order valence-electron chi connectivity index (χ0n) is 15.1. The summed E-state index contributed by atoms with van der Waals surface area (Å²) in [5.41, 5.74) is 2.85. The van der Waals surface area contributed by atoms with E-state index >= 15 is 0 Å². The number of imidazole rings is 2. The second kappa shape index (κ2) is 5.97. The SMILES string of the molecule is Cn1c([C@@H]2CCCN2C(=O)c2cnc3n2CCCC3)nc2ccccc21. The van der Waals surface area contributed by atoms with Crippen LogP contribution < -0.4 is 0 Å². The van der Waals surface area contributed by atoms with Crippen LogP contribution in [0.5, 0.6) is 0 Å². The molecule has 0 unspecified atom stereocenters. The third kappa shape index (κ3) is 2.28. The minimum atomic E-state index is 0.0367. The van der Waals surface area contributed by atoms with E-state index in [0.717, 1.165) is 73.6 Å². The topological polar surface area (TPSA) is 56.0 Å². The molecule has 0 radical (unpaired) electrons. The second-order valence-electron chi connectivity index (χ2n) is 7.34. The normalized spacial score (nSPS) is 19.9. The van der Waals surface area contributed by atoms with Crippen molar-refractivity contribution in [2.45, 2.75) is 44.7 Å². The van der Waals surface area contributed by atoms with E-state index in [1.54, 1.807) is 6.20 Å². The van der Waals surface area contributed by atoms with Crippen molar-refractivity contribution in [3.8, 4) is 0 Å². The number of hydrogen-bond acceptors (Lipinski definition) is 3. The number of rotatable bonds is 2. The van der Waals surface area contributed by atoms with E-state index in [9.17, 15) is 4.79 Å². The van der Waals surface area contributed by atoms with Gasteiger partial charge in [-0.2, -0.15) is 0 Å². The van der Waals surface area contributed by atoms with Crippen LogP contribution in [0, 0.1) is 0 Å². The maximum atomic E-state index is 13.3. The summed E-state index contributed by atoms with van der Waals surface area (Å²) >= 11 is 0. The average molecular weight is 349 g/mol. The molecular weight excluding hydrogens is 326 g/mol. The van der Waals surface area contributed by atoms with Gasteiger partial charge in [-0.3, -0.25) is 4.79 Å². The fourth-order valence-corrected chi connectivity index (χ4v) is 4.47. The van der Waals surface area contributed by atoms with Gasteiger partial charge in [0.25, 0.3) is 5.91 Å². The molecule has 0 spiro atoms. The second-order valence-corrected chi connectivity index (χ2v) is 7.34. The first-order valence-corrected chi connectivity index (χ1v) is 9.51. The lowest BCUT2D eigenvalue weighted by Crippen LogP contribution is -2.33. The van der Waals surface area contributed by atoms with E-state index in [1.807, 2.05) is 30.1 Å². The van der Waals surface area contributed by atoms with Gasteiger partial charge in [0.05, 0.1) is 23.3 Å². The fraction of sp³-hybridized carbons (Fsp3) is 0.450. The first kappa shape index (κ1) is 15.6. The highest BCUT2D eigenvalue weighted by molar-refractivity contribution is 5.93. The monoisotopic (exact) mass is 349 g/mol. The van der Waals surface area contributed by atoms with Crippen molar-refractivity contribution in [1.82, 2.24) is 24.0 Å². The van der Waals surface area contributed by atoms with E-state index in [2.05, 4.69) is 20.2 Å². The Labute approximate surface area is 152 Å². The Morgan fingerprint density at radius 1 is 1.15 bits per heavy atom. The van der Waals surface area contributed by atoms with Crippen LogP contribution in [0.3, 0.4) is 0 Å². The van der Waals surface area contributed by atoms with Crippen LogP contribution in [-0.4, -0.2) is 36.5 Å². The van der Waals surface area contributed by atoms with Gasteiger partial charge >= 0.3 is 0 Å². The molecule has 0 N–H and O–H groups in total. The molecule has 1 fully saturated rings. The van der Waals surface area contributed by atoms with Gasteiger partial charge in [-0.15, -0.1) is 0 Å². The maximum absolute atomic E-state index is 13.3. The zero-order chi connectivity index (χ0) is 17.7. The van der Waals surface area contributed by atoms with Gasteiger partial charge in [-0.25, -0.2) is 9.97 Å². The molecule has 6 heteroatoms. The van der Waals surface area contributed by atoms with E-state index in [-0.39, 0.29) is 11.9 Å². The summed E-state index contributed by atoms with van der Waals surface area (Å²) < 4.78 is 4.26. The average Bonchev–Trinajstić information content (AvgIpc) is 3.38. The minimum absolute atomic E-state index is 0.0367. The van der Waals surface area contributed by atoms with Gasteiger partial charge in [0.2, 0.25) is 0 Å². The summed E-state index contributed by atoms with van der Waals surface area (Å²) in [6.07, 6.45) is 7.01. The van der Waals surface area contributed by atoms with E-state index in [4.69, 9.17) is 4.98 Å². The number of aromatic nitrogens is 4. The van der Waals surface area contributed by atoms with Gasteiger partial charge in [-0.05, 0) is 37.8 Å². The van der Waals surface area contributed by atoms with Gasteiger partial charge < -0.3 is 14.0 Å². The van der Waals surface area contributed by atoms with Crippen LogP contribution in [0.25, 0.3) is 11.0 Å². The molecule has 1 amide bonds. The van der Waals surface area contributed by atoms with Crippen LogP contribution in [0.15, 0.2) is 30.5 Å². The molecular formula is C20H23N5O. The molecule has 1 saturated heterocycles. The highest BCUT2D eigenvalue weighted by Crippen LogP contribution is 2.34. The number of aryl methyl sites for hydroxylation is 2. The fourth-order valence-electron chi connectivity index (χ4n) is 4.47. The number of amides is 1. The predicted molar refractivity (Wildman–Crippen MR) is 98.9 cm³/mol. The lowest BCUT2D eigenvalue weighted by atomic mass is 10.1. The highest BCUT2D eigenvalue weighted by atomic mass is 16.2. The van der Waals surface area contributed by atoms with Crippen LogP contribution in [-0.2, 0) is 20.0 Å².